The van der Waals surface area contributed by atoms with Crippen LogP contribution in [0.3, 0.4) is 0 Å². The van der Waals surface area contributed by atoms with E-state index in [0.29, 0.717) is 26.4 Å². The van der Waals surface area contributed by atoms with Gasteiger partial charge >= 0.3 is 0 Å². The number of carbonyl (C=O) groups excluding carboxylic acids is 1. The minimum atomic E-state index is -0.727. The molecule has 0 bridgehead atoms. The van der Waals surface area contributed by atoms with Gasteiger partial charge in [-0.3, -0.25) is 4.79 Å². The van der Waals surface area contributed by atoms with Gasteiger partial charge in [0.2, 0.25) is 0 Å². The topological polar surface area (TPSA) is 65.8 Å². The van der Waals surface area contributed by atoms with Crippen LogP contribution in [0.15, 0.2) is 58.8 Å². The van der Waals surface area contributed by atoms with Gasteiger partial charge in [-0.05, 0) is 54.2 Å². The van der Waals surface area contributed by atoms with Gasteiger partial charge in [0.25, 0.3) is 0 Å². The Hall–Kier alpha value is -2.28. The molecule has 2 atom stereocenters. The summed E-state index contributed by atoms with van der Waals surface area (Å²) >= 11 is 17.4. The zero-order chi connectivity index (χ0) is 18.3. The second kappa shape index (κ2) is 6.79. The molecule has 0 fully saturated rings. The van der Waals surface area contributed by atoms with E-state index in [4.69, 9.17) is 35.4 Å². The summed E-state index contributed by atoms with van der Waals surface area (Å²) in [4.78, 5) is 12.9. The molecule has 130 valence electrons. The zero-order valence-electron chi connectivity index (χ0n) is 13.2. The van der Waals surface area contributed by atoms with E-state index in [1.165, 1.54) is 0 Å². The van der Waals surface area contributed by atoms with Crippen LogP contribution in [0.5, 0.6) is 0 Å². The summed E-state index contributed by atoms with van der Waals surface area (Å²) in [7, 11) is 0. The van der Waals surface area contributed by atoms with Crippen LogP contribution in [0.1, 0.15) is 15.9 Å². The van der Waals surface area contributed by atoms with Crippen molar-refractivity contribution >= 4 is 57.7 Å². The third-order valence-electron chi connectivity index (χ3n) is 4.15. The first-order valence-electron chi connectivity index (χ1n) is 7.81. The van der Waals surface area contributed by atoms with Crippen molar-refractivity contribution in [1.29, 1.82) is 0 Å². The van der Waals surface area contributed by atoms with Crippen LogP contribution in [0.4, 0.5) is 5.69 Å². The molecule has 0 saturated carbocycles. The first-order chi connectivity index (χ1) is 12.5. The highest BCUT2D eigenvalue weighted by Crippen LogP contribution is 2.31. The van der Waals surface area contributed by atoms with Crippen molar-refractivity contribution in [2.24, 2.45) is 10.2 Å². The molecule has 2 aliphatic rings. The Balaban J connectivity index is 1.70. The maximum atomic E-state index is 12.9. The van der Waals surface area contributed by atoms with Crippen molar-refractivity contribution in [2.45, 2.75) is 12.1 Å². The van der Waals surface area contributed by atoms with Gasteiger partial charge < -0.3 is 10.6 Å². The van der Waals surface area contributed by atoms with E-state index in [2.05, 4.69) is 20.9 Å². The molecule has 2 aliphatic heterocycles. The molecule has 2 aromatic carbocycles. The number of thiocarbonyl (C=S) groups is 1. The lowest BCUT2D eigenvalue weighted by atomic mass is 9.94. The van der Waals surface area contributed by atoms with Gasteiger partial charge in [0, 0.05) is 21.3 Å². The Labute approximate surface area is 165 Å². The fourth-order valence-corrected chi connectivity index (χ4v) is 3.54. The molecule has 8 heteroatoms. The summed E-state index contributed by atoms with van der Waals surface area (Å²) in [6, 6.07) is 11.2. The van der Waals surface area contributed by atoms with Crippen molar-refractivity contribution in [2.75, 3.05) is 0 Å². The molecule has 5 nitrogen and oxygen atoms in total. The molecule has 0 saturated heterocycles. The highest BCUT2D eigenvalue weighted by Gasteiger charge is 2.34. The van der Waals surface area contributed by atoms with E-state index >= 15 is 0 Å². The Morgan fingerprint density at radius 1 is 1.08 bits per heavy atom. The van der Waals surface area contributed by atoms with Crippen LogP contribution in [0, 0.1) is 0 Å². The monoisotopic (exact) mass is 402 g/mol. The molecule has 2 heterocycles. The number of azo groups is 1. The lowest BCUT2D eigenvalue weighted by molar-refractivity contribution is 0.0947. The van der Waals surface area contributed by atoms with Gasteiger partial charge in [0.05, 0.1) is 11.7 Å². The average molecular weight is 403 g/mol. The third-order valence-corrected chi connectivity index (χ3v) is 4.84. The van der Waals surface area contributed by atoms with Gasteiger partial charge in [0.1, 0.15) is 0 Å². The Kier molecular flexibility index (Phi) is 4.48. The van der Waals surface area contributed by atoms with Crippen molar-refractivity contribution in [3.05, 3.63) is 69.7 Å². The maximum Gasteiger partial charge on any atom is 0.193 e. The standard InChI is InChI=1S/C18H12Cl2N4OS/c19-10-3-1-2-9(6-10)14-8-15(22-18(26)21-14)16-17(25)12-7-11(20)4-5-13(12)23-24-16/h1-8,15-16H,(H2,21,22,26). The Bertz CT molecular complexity index is 989. The highest BCUT2D eigenvalue weighted by atomic mass is 35.5. The average Bonchev–Trinajstić information content (AvgIpc) is 2.62. The lowest BCUT2D eigenvalue weighted by Crippen LogP contribution is -2.52. The third kappa shape index (κ3) is 3.23. The number of hydrogen-bond donors (Lipinski definition) is 2. The Morgan fingerprint density at radius 2 is 1.88 bits per heavy atom. The predicted octanol–water partition coefficient (Wildman–Crippen LogP) is 4.53. The molecule has 0 radical (unpaired) electrons. The normalized spacial score (nSPS) is 21.5. The van der Waals surface area contributed by atoms with Gasteiger partial charge in [-0.2, -0.15) is 10.2 Å². The lowest BCUT2D eigenvalue weighted by Gasteiger charge is -2.30. The van der Waals surface area contributed by atoms with Crippen molar-refractivity contribution in [3.63, 3.8) is 0 Å². The number of Topliss-reactive ketones (excluding diaryl/α,β-unsaturated/α-hetero) is 1. The van der Waals surface area contributed by atoms with E-state index in [9.17, 15) is 4.79 Å². The number of ketones is 1. The van der Waals surface area contributed by atoms with Gasteiger partial charge in [-0.1, -0.05) is 35.3 Å². The number of fused-ring (bicyclic) bond motifs is 1. The van der Waals surface area contributed by atoms with Crippen LogP contribution in [-0.2, 0) is 0 Å². The van der Waals surface area contributed by atoms with Crippen LogP contribution in [-0.4, -0.2) is 23.0 Å². The van der Waals surface area contributed by atoms with Crippen LogP contribution < -0.4 is 10.6 Å². The molecule has 2 aromatic rings. The van der Waals surface area contributed by atoms with Crippen molar-refractivity contribution in [1.82, 2.24) is 10.6 Å². The first-order valence-corrected chi connectivity index (χ1v) is 8.97. The molecule has 26 heavy (non-hydrogen) atoms. The summed E-state index contributed by atoms with van der Waals surface area (Å²) in [5, 5.41) is 16.0. The summed E-state index contributed by atoms with van der Waals surface area (Å²) in [5.74, 6) is -0.151. The molecule has 0 amide bonds. The highest BCUT2D eigenvalue weighted by molar-refractivity contribution is 7.80. The molecule has 4 rings (SSSR count). The number of halogens is 2. The molecular weight excluding hydrogens is 391 g/mol. The molecule has 2 N–H and O–H groups in total. The van der Waals surface area contributed by atoms with Crippen LogP contribution in [0.2, 0.25) is 10.0 Å². The first kappa shape index (κ1) is 17.1. The van der Waals surface area contributed by atoms with E-state index in [1.807, 2.05) is 24.3 Å². The fraction of sp³-hybridized carbons (Fsp3) is 0.111. The summed E-state index contributed by atoms with van der Waals surface area (Å²) in [6.07, 6.45) is 1.87. The van der Waals surface area contributed by atoms with E-state index in [1.54, 1.807) is 24.3 Å². The Morgan fingerprint density at radius 3 is 2.69 bits per heavy atom. The second-order valence-electron chi connectivity index (χ2n) is 5.90. The largest absolute Gasteiger partial charge is 0.353 e. The summed E-state index contributed by atoms with van der Waals surface area (Å²) in [5.41, 5.74) is 2.61. The zero-order valence-corrected chi connectivity index (χ0v) is 15.6. The number of nitrogens with one attached hydrogen (secondary N) is 2. The maximum absolute atomic E-state index is 12.9. The molecule has 0 spiro atoms. The smallest absolute Gasteiger partial charge is 0.193 e. The van der Waals surface area contributed by atoms with E-state index in [-0.39, 0.29) is 5.78 Å². The second-order valence-corrected chi connectivity index (χ2v) is 7.18. The van der Waals surface area contributed by atoms with Gasteiger partial charge in [0.15, 0.2) is 16.9 Å². The molecular formula is C18H12Cl2N4OS. The van der Waals surface area contributed by atoms with Crippen LogP contribution in [0.25, 0.3) is 5.70 Å². The number of benzene rings is 2. The number of rotatable bonds is 2. The minimum Gasteiger partial charge on any atom is -0.353 e. The number of nitrogens with zero attached hydrogens (tertiary/aromatic N) is 2. The fourth-order valence-electron chi connectivity index (χ4n) is 2.93. The quantitative estimate of drug-likeness (QED) is 0.724. The molecule has 0 aliphatic carbocycles. The predicted molar refractivity (Wildman–Crippen MR) is 106 cm³/mol. The van der Waals surface area contributed by atoms with Crippen molar-refractivity contribution < 1.29 is 4.79 Å². The number of carbonyl (C=O) groups is 1. The summed E-state index contributed by atoms with van der Waals surface area (Å²) in [6.45, 7) is 0. The van der Waals surface area contributed by atoms with Crippen LogP contribution >= 0.6 is 35.4 Å². The van der Waals surface area contributed by atoms with Crippen molar-refractivity contribution in [3.8, 4) is 0 Å². The molecule has 2 unspecified atom stereocenters. The van der Waals surface area contributed by atoms with Gasteiger partial charge in [-0.25, -0.2) is 0 Å². The molecule has 0 aromatic heterocycles. The van der Waals surface area contributed by atoms with Gasteiger partial charge in [-0.15, -0.1) is 0 Å². The van der Waals surface area contributed by atoms with E-state index in [0.717, 1.165) is 11.3 Å². The van der Waals surface area contributed by atoms with E-state index < -0.39 is 12.1 Å². The number of hydrogen-bond acceptors (Lipinski definition) is 4. The SMILES string of the molecule is O=C1c2cc(Cl)ccc2N=NC1C1C=C(c2cccc(Cl)c2)NC(=S)N1. The minimum absolute atomic E-state index is 0.151. The summed E-state index contributed by atoms with van der Waals surface area (Å²) < 4.78 is 0.